The molecule has 1 atom stereocenters. The van der Waals surface area contributed by atoms with E-state index in [0.29, 0.717) is 22.0 Å². The molecule has 0 aliphatic carbocycles. The van der Waals surface area contributed by atoms with Gasteiger partial charge in [-0.25, -0.2) is 18.2 Å². The second kappa shape index (κ2) is 7.77. The van der Waals surface area contributed by atoms with E-state index in [-0.39, 0.29) is 17.5 Å². The van der Waals surface area contributed by atoms with Crippen LogP contribution in [0.5, 0.6) is 0 Å². The number of aromatic nitrogens is 1. The zero-order valence-corrected chi connectivity index (χ0v) is 16.7. The monoisotopic (exact) mass is 408 g/mol. The van der Waals surface area contributed by atoms with Gasteiger partial charge in [0.1, 0.15) is 9.88 Å². The number of esters is 1. The van der Waals surface area contributed by atoms with E-state index in [1.54, 1.807) is 6.92 Å². The first-order chi connectivity index (χ1) is 12.8. The van der Waals surface area contributed by atoms with E-state index in [2.05, 4.69) is 4.98 Å². The highest BCUT2D eigenvalue weighted by Crippen LogP contribution is 2.28. The summed E-state index contributed by atoms with van der Waals surface area (Å²) in [5, 5.41) is 0.708. The largest absolute Gasteiger partial charge is 0.451 e. The van der Waals surface area contributed by atoms with E-state index >= 15 is 0 Å². The molecule has 144 valence electrons. The molecule has 1 fully saturated rings. The molecule has 0 unspecified atom stereocenters. The van der Waals surface area contributed by atoms with Crippen LogP contribution in [0, 0.1) is 6.92 Å². The molecule has 1 saturated heterocycles. The average Bonchev–Trinajstić information content (AvgIpc) is 3.21. The Labute approximate surface area is 161 Å². The molecule has 27 heavy (non-hydrogen) atoms. The predicted molar refractivity (Wildman–Crippen MR) is 102 cm³/mol. The van der Waals surface area contributed by atoms with Gasteiger partial charge < -0.3 is 9.64 Å². The van der Waals surface area contributed by atoms with Crippen LogP contribution in [0.25, 0.3) is 10.6 Å². The maximum Gasteiger partial charge on any atom is 0.350 e. The van der Waals surface area contributed by atoms with Gasteiger partial charge in [0, 0.05) is 18.7 Å². The Balaban J connectivity index is 1.61. The Morgan fingerprint density at radius 1 is 1.30 bits per heavy atom. The number of hydrogen-bond acceptors (Lipinski definition) is 7. The molecule has 1 amide bonds. The molecule has 2 aromatic rings. The van der Waals surface area contributed by atoms with Crippen LogP contribution in [0.4, 0.5) is 0 Å². The minimum Gasteiger partial charge on any atom is -0.451 e. The average molecular weight is 409 g/mol. The number of rotatable bonds is 5. The van der Waals surface area contributed by atoms with Crippen molar-refractivity contribution in [1.29, 1.82) is 0 Å². The summed E-state index contributed by atoms with van der Waals surface area (Å²) < 4.78 is 28.2. The summed E-state index contributed by atoms with van der Waals surface area (Å²) in [6.07, 6.45) is 0.410. The molecule has 0 bridgehead atoms. The second-order valence-corrected chi connectivity index (χ2v) is 9.67. The van der Waals surface area contributed by atoms with Crippen LogP contribution in [-0.4, -0.2) is 61.4 Å². The summed E-state index contributed by atoms with van der Waals surface area (Å²) in [6, 6.07) is 9.12. The number of hydrogen-bond donors (Lipinski definition) is 0. The minimum atomic E-state index is -3.09. The van der Waals surface area contributed by atoms with Gasteiger partial charge in [0.05, 0.1) is 17.2 Å². The lowest BCUT2D eigenvalue weighted by Crippen LogP contribution is -2.40. The van der Waals surface area contributed by atoms with Gasteiger partial charge in [0.15, 0.2) is 16.4 Å². The number of carbonyl (C=O) groups is 2. The van der Waals surface area contributed by atoms with E-state index in [4.69, 9.17) is 4.74 Å². The lowest BCUT2D eigenvalue weighted by Gasteiger charge is -2.23. The standard InChI is InChI=1S/C18H20N2O5S2/c1-12-16(26-17(19-12)13-6-4-3-5-7-13)18(22)25-10-15(21)20(2)14-8-9-27(23,24)11-14/h3-7,14H,8-11H2,1-2H3/t14-/m0/s1. The molecular formula is C18H20N2O5S2. The van der Waals surface area contributed by atoms with E-state index in [1.807, 2.05) is 30.3 Å². The Morgan fingerprint density at radius 3 is 2.63 bits per heavy atom. The van der Waals surface area contributed by atoms with Crippen molar-refractivity contribution in [2.75, 3.05) is 25.2 Å². The van der Waals surface area contributed by atoms with Crippen LogP contribution < -0.4 is 0 Å². The molecule has 9 heteroatoms. The number of aryl methyl sites for hydroxylation is 1. The smallest absolute Gasteiger partial charge is 0.350 e. The van der Waals surface area contributed by atoms with Crippen LogP contribution >= 0.6 is 11.3 Å². The predicted octanol–water partition coefficient (Wildman–Crippen LogP) is 1.92. The highest BCUT2D eigenvalue weighted by molar-refractivity contribution is 7.91. The number of thiazole rings is 1. The maximum absolute atomic E-state index is 12.3. The Morgan fingerprint density at radius 2 is 2.00 bits per heavy atom. The molecule has 3 rings (SSSR count). The summed E-state index contributed by atoms with van der Waals surface area (Å²) in [5.74, 6) is -0.988. The Hall–Kier alpha value is -2.26. The van der Waals surface area contributed by atoms with Crippen LogP contribution in [0.1, 0.15) is 21.8 Å². The van der Waals surface area contributed by atoms with Gasteiger partial charge >= 0.3 is 5.97 Å². The third-order valence-corrected chi connectivity index (χ3v) is 7.42. The van der Waals surface area contributed by atoms with Crippen LogP contribution in [0.3, 0.4) is 0 Å². The SMILES string of the molecule is Cc1nc(-c2ccccc2)sc1C(=O)OCC(=O)N(C)[C@H]1CCS(=O)(=O)C1. The lowest BCUT2D eigenvalue weighted by molar-refractivity contribution is -0.134. The van der Waals surface area contributed by atoms with Crippen molar-refractivity contribution in [3.8, 4) is 10.6 Å². The van der Waals surface area contributed by atoms with E-state index < -0.39 is 28.3 Å². The van der Waals surface area contributed by atoms with Crippen LogP contribution in [0.2, 0.25) is 0 Å². The first-order valence-corrected chi connectivity index (χ1v) is 11.1. The van der Waals surface area contributed by atoms with Gasteiger partial charge in [-0.15, -0.1) is 11.3 Å². The second-order valence-electron chi connectivity index (χ2n) is 6.44. The van der Waals surface area contributed by atoms with Gasteiger partial charge in [0.2, 0.25) is 0 Å². The van der Waals surface area contributed by atoms with Gasteiger partial charge in [-0.2, -0.15) is 0 Å². The van der Waals surface area contributed by atoms with E-state index in [1.165, 1.54) is 23.3 Å². The Bertz CT molecular complexity index is 953. The van der Waals surface area contributed by atoms with Crippen molar-refractivity contribution >= 4 is 33.1 Å². The molecule has 0 saturated carbocycles. The summed E-state index contributed by atoms with van der Waals surface area (Å²) in [5.41, 5.74) is 1.45. The van der Waals surface area contributed by atoms with E-state index in [0.717, 1.165) is 5.56 Å². The first kappa shape index (κ1) is 19.5. The molecule has 1 aliphatic rings. The number of sulfone groups is 1. The van der Waals surface area contributed by atoms with Crippen LogP contribution in [-0.2, 0) is 19.4 Å². The molecular weight excluding hydrogens is 388 g/mol. The fourth-order valence-electron chi connectivity index (χ4n) is 2.87. The zero-order valence-electron chi connectivity index (χ0n) is 15.0. The zero-order chi connectivity index (χ0) is 19.6. The normalized spacial score (nSPS) is 18.2. The summed E-state index contributed by atoms with van der Waals surface area (Å²) >= 11 is 1.22. The lowest BCUT2D eigenvalue weighted by atomic mass is 10.2. The number of ether oxygens (including phenoxy) is 1. The summed E-state index contributed by atoms with van der Waals surface area (Å²) in [6.45, 7) is 1.29. The number of benzene rings is 1. The van der Waals surface area contributed by atoms with E-state index in [9.17, 15) is 18.0 Å². The van der Waals surface area contributed by atoms with Crippen LogP contribution in [0.15, 0.2) is 30.3 Å². The highest BCUT2D eigenvalue weighted by Gasteiger charge is 2.33. The summed E-state index contributed by atoms with van der Waals surface area (Å²) in [7, 11) is -1.55. The van der Waals surface area contributed by atoms with Crippen molar-refractivity contribution in [3.05, 3.63) is 40.9 Å². The molecule has 0 radical (unpaired) electrons. The number of amides is 1. The molecule has 1 aromatic carbocycles. The molecule has 0 spiro atoms. The Kier molecular flexibility index (Phi) is 5.61. The third-order valence-electron chi connectivity index (χ3n) is 4.48. The topological polar surface area (TPSA) is 93.6 Å². The minimum absolute atomic E-state index is 0.0441. The van der Waals surface area contributed by atoms with Gasteiger partial charge in [-0.05, 0) is 13.3 Å². The van der Waals surface area contributed by atoms with Crippen molar-refractivity contribution < 1.29 is 22.7 Å². The fourth-order valence-corrected chi connectivity index (χ4v) is 5.61. The van der Waals surface area contributed by atoms with Crippen molar-refractivity contribution in [2.45, 2.75) is 19.4 Å². The molecule has 1 aliphatic heterocycles. The molecule has 0 N–H and O–H groups in total. The van der Waals surface area contributed by atoms with Gasteiger partial charge in [-0.3, -0.25) is 4.79 Å². The molecule has 1 aromatic heterocycles. The highest BCUT2D eigenvalue weighted by atomic mass is 32.2. The first-order valence-electron chi connectivity index (χ1n) is 8.43. The fraction of sp³-hybridized carbons (Fsp3) is 0.389. The number of carbonyl (C=O) groups excluding carboxylic acids is 2. The quantitative estimate of drug-likeness (QED) is 0.702. The van der Waals surface area contributed by atoms with Crippen molar-refractivity contribution in [2.24, 2.45) is 0 Å². The van der Waals surface area contributed by atoms with Crippen molar-refractivity contribution in [3.63, 3.8) is 0 Å². The van der Waals surface area contributed by atoms with Gasteiger partial charge in [0.25, 0.3) is 5.91 Å². The maximum atomic E-state index is 12.3. The third kappa shape index (κ3) is 4.54. The van der Waals surface area contributed by atoms with Crippen molar-refractivity contribution in [1.82, 2.24) is 9.88 Å². The van der Waals surface area contributed by atoms with Gasteiger partial charge in [-0.1, -0.05) is 30.3 Å². The number of nitrogens with zero attached hydrogens (tertiary/aromatic N) is 2. The number of likely N-dealkylation sites (N-methyl/N-ethyl adjacent to an activating group) is 1. The molecule has 2 heterocycles. The summed E-state index contributed by atoms with van der Waals surface area (Å²) in [4.78, 5) is 30.7. The molecule has 7 nitrogen and oxygen atoms in total.